The Kier molecular flexibility index (Phi) is 5.62. The fraction of sp³-hybridized carbons (Fsp3) is 0.400. The van der Waals surface area contributed by atoms with Crippen molar-refractivity contribution in [3.05, 3.63) is 46.2 Å². The van der Waals surface area contributed by atoms with Crippen molar-refractivity contribution in [1.82, 2.24) is 25.2 Å². The van der Waals surface area contributed by atoms with E-state index in [2.05, 4.69) is 15.6 Å². The molecule has 0 bridgehead atoms. The smallest absolute Gasteiger partial charge is 0.276 e. The number of nitrogens with one attached hydrogen (secondary N) is 1. The first-order chi connectivity index (χ1) is 10.6. The first-order valence-corrected chi connectivity index (χ1v) is 7.59. The minimum Gasteiger partial charge on any atom is -0.328 e. The Labute approximate surface area is 146 Å². The first-order valence-electron chi connectivity index (χ1n) is 7.22. The third-order valence-electron chi connectivity index (χ3n) is 4.08. The summed E-state index contributed by atoms with van der Waals surface area (Å²) in [6.07, 6.45) is 0. The highest BCUT2D eigenvalue weighted by Gasteiger charge is 2.32. The number of hydrogen-bond acceptors (Lipinski definition) is 4. The zero-order valence-electron chi connectivity index (χ0n) is 13.0. The van der Waals surface area contributed by atoms with Crippen LogP contribution in [0.4, 0.5) is 0 Å². The molecule has 1 amide bonds. The van der Waals surface area contributed by atoms with E-state index < -0.39 is 0 Å². The zero-order chi connectivity index (χ0) is 15.7. The highest BCUT2D eigenvalue weighted by molar-refractivity contribution is 6.31. The lowest BCUT2D eigenvalue weighted by molar-refractivity contribution is 0.0627. The van der Waals surface area contributed by atoms with Crippen LogP contribution in [-0.4, -0.2) is 45.4 Å². The lowest BCUT2D eigenvalue weighted by atomic mass is 10.0. The third-order valence-corrected chi connectivity index (χ3v) is 4.42. The van der Waals surface area contributed by atoms with Gasteiger partial charge in [0.2, 0.25) is 0 Å². The lowest BCUT2D eigenvalue weighted by Gasteiger charge is -2.36. The molecule has 2 heterocycles. The molecule has 23 heavy (non-hydrogen) atoms. The van der Waals surface area contributed by atoms with Crippen LogP contribution in [0, 0.1) is 6.92 Å². The van der Waals surface area contributed by atoms with E-state index in [9.17, 15) is 4.79 Å². The quantitative estimate of drug-likeness (QED) is 0.894. The number of hydrogen-bond donors (Lipinski definition) is 1. The molecule has 1 aliphatic heterocycles. The predicted octanol–water partition coefficient (Wildman–Crippen LogP) is 1.99. The fourth-order valence-electron chi connectivity index (χ4n) is 2.71. The van der Waals surface area contributed by atoms with E-state index in [-0.39, 0.29) is 24.4 Å². The van der Waals surface area contributed by atoms with E-state index in [1.807, 2.05) is 36.1 Å². The van der Waals surface area contributed by atoms with Crippen LogP contribution in [-0.2, 0) is 7.05 Å². The first kappa shape index (κ1) is 17.7. The summed E-state index contributed by atoms with van der Waals surface area (Å²) in [5.74, 6) is -0.1000. The second kappa shape index (κ2) is 7.29. The maximum absolute atomic E-state index is 12.9. The van der Waals surface area contributed by atoms with E-state index in [0.717, 1.165) is 17.8 Å². The van der Waals surface area contributed by atoms with Gasteiger partial charge in [-0.3, -0.25) is 9.48 Å². The highest BCUT2D eigenvalue weighted by Crippen LogP contribution is 2.29. The molecule has 3 rings (SSSR count). The average molecular weight is 356 g/mol. The SMILES string of the molecule is Cc1c(C(=O)N2CCNCC2c2ccccc2Cl)nnn1C.Cl. The van der Waals surface area contributed by atoms with Crippen LogP contribution in [0.5, 0.6) is 0 Å². The van der Waals surface area contributed by atoms with Gasteiger partial charge >= 0.3 is 0 Å². The van der Waals surface area contributed by atoms with Crippen LogP contribution in [0.1, 0.15) is 27.8 Å². The number of carbonyl (C=O) groups excluding carboxylic acids is 1. The molecule has 1 unspecified atom stereocenters. The zero-order valence-corrected chi connectivity index (χ0v) is 14.6. The lowest BCUT2D eigenvalue weighted by Crippen LogP contribution is -2.49. The Hall–Kier alpha value is -1.63. The molecule has 124 valence electrons. The molecular formula is C15H19Cl2N5O. The predicted molar refractivity (Wildman–Crippen MR) is 91.1 cm³/mol. The second-order valence-corrected chi connectivity index (χ2v) is 5.79. The van der Waals surface area contributed by atoms with Gasteiger partial charge in [-0.15, -0.1) is 17.5 Å². The summed E-state index contributed by atoms with van der Waals surface area (Å²) in [4.78, 5) is 14.7. The van der Waals surface area contributed by atoms with E-state index in [0.29, 0.717) is 23.8 Å². The van der Waals surface area contributed by atoms with Gasteiger partial charge < -0.3 is 10.2 Å². The molecule has 1 saturated heterocycles. The summed E-state index contributed by atoms with van der Waals surface area (Å²) in [6.45, 7) is 3.89. The molecule has 6 nitrogen and oxygen atoms in total. The van der Waals surface area contributed by atoms with Gasteiger partial charge in [-0.1, -0.05) is 35.0 Å². The van der Waals surface area contributed by atoms with Gasteiger partial charge in [0.05, 0.1) is 11.7 Å². The largest absolute Gasteiger partial charge is 0.328 e. The van der Waals surface area contributed by atoms with Gasteiger partial charge in [-0.2, -0.15) is 0 Å². The Morgan fingerprint density at radius 2 is 2.13 bits per heavy atom. The van der Waals surface area contributed by atoms with Gasteiger partial charge in [0.1, 0.15) is 0 Å². The molecule has 1 aromatic carbocycles. The molecule has 0 radical (unpaired) electrons. The maximum Gasteiger partial charge on any atom is 0.276 e. The number of amides is 1. The number of aromatic nitrogens is 3. The Balaban J connectivity index is 0.00000192. The molecule has 8 heteroatoms. The van der Waals surface area contributed by atoms with E-state index in [4.69, 9.17) is 11.6 Å². The molecule has 1 fully saturated rings. The molecule has 2 aromatic rings. The van der Waals surface area contributed by atoms with E-state index in [1.54, 1.807) is 11.7 Å². The van der Waals surface area contributed by atoms with Crippen LogP contribution in [0.2, 0.25) is 5.02 Å². The molecule has 0 spiro atoms. The van der Waals surface area contributed by atoms with E-state index in [1.165, 1.54) is 0 Å². The number of piperazine rings is 1. The molecule has 1 aromatic heterocycles. The number of halogens is 2. The standard InChI is InChI=1S/C15H18ClN5O.ClH/c1-10-14(18-19-20(10)2)15(22)21-8-7-17-9-13(21)11-5-3-4-6-12(11)16;/h3-6,13,17H,7-9H2,1-2H3;1H. The molecule has 1 N–H and O–H groups in total. The van der Waals surface area contributed by atoms with Crippen LogP contribution in [0.3, 0.4) is 0 Å². The minimum absolute atomic E-state index is 0. The second-order valence-electron chi connectivity index (χ2n) is 5.39. The van der Waals surface area contributed by atoms with Crippen LogP contribution in [0.25, 0.3) is 0 Å². The monoisotopic (exact) mass is 355 g/mol. The summed E-state index contributed by atoms with van der Waals surface area (Å²) >= 11 is 6.31. The minimum atomic E-state index is -0.101. The van der Waals surface area contributed by atoms with Crippen LogP contribution < -0.4 is 5.32 Å². The van der Waals surface area contributed by atoms with Crippen LogP contribution in [0.15, 0.2) is 24.3 Å². The van der Waals surface area contributed by atoms with Gasteiger partial charge in [0.25, 0.3) is 5.91 Å². The van der Waals surface area contributed by atoms with E-state index >= 15 is 0 Å². The molecule has 0 saturated carbocycles. The normalized spacial score (nSPS) is 17.7. The number of aryl methyl sites for hydroxylation is 1. The number of rotatable bonds is 2. The molecule has 1 aliphatic rings. The summed E-state index contributed by atoms with van der Waals surface area (Å²) in [5.41, 5.74) is 2.12. The van der Waals surface area contributed by atoms with Crippen molar-refractivity contribution >= 4 is 29.9 Å². The van der Waals surface area contributed by atoms with Crippen molar-refractivity contribution < 1.29 is 4.79 Å². The Morgan fingerprint density at radius 3 is 2.78 bits per heavy atom. The van der Waals surface area contributed by atoms with Crippen molar-refractivity contribution in [3.63, 3.8) is 0 Å². The maximum atomic E-state index is 12.9. The summed E-state index contributed by atoms with van der Waals surface area (Å²) in [7, 11) is 1.78. The highest BCUT2D eigenvalue weighted by atomic mass is 35.5. The van der Waals surface area contributed by atoms with Gasteiger partial charge in [-0.25, -0.2) is 0 Å². The topological polar surface area (TPSA) is 63.1 Å². The van der Waals surface area contributed by atoms with Crippen molar-refractivity contribution in [2.75, 3.05) is 19.6 Å². The van der Waals surface area contributed by atoms with Gasteiger partial charge in [-0.05, 0) is 18.6 Å². The average Bonchev–Trinajstić information content (AvgIpc) is 2.87. The Morgan fingerprint density at radius 1 is 1.39 bits per heavy atom. The van der Waals surface area contributed by atoms with Crippen LogP contribution >= 0.6 is 24.0 Å². The van der Waals surface area contributed by atoms with Crippen molar-refractivity contribution in [3.8, 4) is 0 Å². The summed E-state index contributed by atoms with van der Waals surface area (Å²) < 4.78 is 1.61. The number of nitrogens with zero attached hydrogens (tertiary/aromatic N) is 4. The molecule has 0 aliphatic carbocycles. The Bertz CT molecular complexity index is 703. The third kappa shape index (κ3) is 3.34. The van der Waals surface area contributed by atoms with Crippen molar-refractivity contribution in [2.24, 2.45) is 7.05 Å². The van der Waals surface area contributed by atoms with Gasteiger partial charge in [0.15, 0.2) is 5.69 Å². The van der Waals surface area contributed by atoms with Gasteiger partial charge in [0, 0.05) is 31.7 Å². The summed E-state index contributed by atoms with van der Waals surface area (Å²) in [6, 6.07) is 7.54. The molecular weight excluding hydrogens is 337 g/mol. The summed E-state index contributed by atoms with van der Waals surface area (Å²) in [5, 5.41) is 11.9. The number of carbonyl (C=O) groups is 1. The number of benzene rings is 1. The van der Waals surface area contributed by atoms with Crippen molar-refractivity contribution in [1.29, 1.82) is 0 Å². The van der Waals surface area contributed by atoms with Crippen molar-refractivity contribution in [2.45, 2.75) is 13.0 Å². The fourth-order valence-corrected chi connectivity index (χ4v) is 2.97. The molecule has 1 atom stereocenters.